The van der Waals surface area contributed by atoms with Crippen molar-refractivity contribution in [3.8, 4) is 28.3 Å². The maximum atomic E-state index is 12.0. The molecule has 6 nitrogen and oxygen atoms in total. The van der Waals surface area contributed by atoms with Crippen LogP contribution in [-0.2, 0) is 16.7 Å². The summed E-state index contributed by atoms with van der Waals surface area (Å²) in [5.41, 5.74) is 6.19. The molecule has 0 amide bonds. The van der Waals surface area contributed by atoms with Crippen LogP contribution >= 0.6 is 0 Å². The van der Waals surface area contributed by atoms with Gasteiger partial charge in [-0.05, 0) is 62.1 Å². The van der Waals surface area contributed by atoms with E-state index in [4.69, 9.17) is 13.6 Å². The molecule has 0 saturated carbocycles. The first-order valence-electron chi connectivity index (χ1n) is 11.5. The van der Waals surface area contributed by atoms with Gasteiger partial charge in [-0.2, -0.15) is 8.42 Å². The van der Waals surface area contributed by atoms with Gasteiger partial charge in [0.15, 0.2) is 11.3 Å². The van der Waals surface area contributed by atoms with Crippen molar-refractivity contribution >= 4 is 21.2 Å². The minimum atomic E-state index is -3.68. The Balaban J connectivity index is 1.58. The Labute approximate surface area is 200 Å². The predicted molar refractivity (Wildman–Crippen MR) is 134 cm³/mol. The largest absolute Gasteiger partial charge is 0.436 e. The first kappa shape index (κ1) is 22.6. The average molecular weight is 477 g/mol. The van der Waals surface area contributed by atoms with Gasteiger partial charge in [0.1, 0.15) is 5.52 Å². The van der Waals surface area contributed by atoms with Crippen molar-refractivity contribution in [1.29, 1.82) is 0 Å². The zero-order valence-electron chi connectivity index (χ0n) is 19.6. The van der Waals surface area contributed by atoms with Gasteiger partial charge in [0.25, 0.3) is 0 Å². The Kier molecular flexibility index (Phi) is 5.91. The van der Waals surface area contributed by atoms with E-state index in [1.807, 2.05) is 36.4 Å². The second-order valence-corrected chi connectivity index (χ2v) is 10.6. The lowest BCUT2D eigenvalue weighted by Crippen LogP contribution is -2.26. The molecule has 1 fully saturated rings. The highest BCUT2D eigenvalue weighted by Crippen LogP contribution is 2.36. The van der Waals surface area contributed by atoms with Gasteiger partial charge in [-0.15, -0.1) is 0 Å². The number of oxazole rings is 1. The number of likely N-dealkylation sites (tertiary alicyclic amines) is 1. The molecule has 4 aromatic rings. The number of hydrogen-bond acceptors (Lipinski definition) is 6. The monoisotopic (exact) mass is 476 g/mol. The lowest BCUT2D eigenvalue weighted by atomic mass is 9.96. The van der Waals surface area contributed by atoms with Crippen molar-refractivity contribution in [3.63, 3.8) is 0 Å². The lowest BCUT2D eigenvalue weighted by molar-refractivity contribution is 0.258. The first-order valence-corrected chi connectivity index (χ1v) is 13.3. The molecular formula is C27H28N2O4S. The van der Waals surface area contributed by atoms with Crippen molar-refractivity contribution in [2.75, 3.05) is 12.8 Å². The molecule has 1 aliphatic rings. The van der Waals surface area contributed by atoms with E-state index >= 15 is 0 Å². The highest BCUT2D eigenvalue weighted by Gasteiger charge is 2.24. The summed E-state index contributed by atoms with van der Waals surface area (Å²) in [6.45, 7) is 5.84. The molecule has 7 heteroatoms. The number of hydrogen-bond donors (Lipinski definition) is 0. The fourth-order valence-corrected chi connectivity index (χ4v) is 5.20. The second-order valence-electron chi connectivity index (χ2n) is 9.04. The van der Waals surface area contributed by atoms with Gasteiger partial charge in [-0.1, -0.05) is 42.5 Å². The van der Waals surface area contributed by atoms with E-state index in [-0.39, 0.29) is 0 Å². The summed E-state index contributed by atoms with van der Waals surface area (Å²) in [6.07, 6.45) is 3.33. The molecule has 0 bridgehead atoms. The molecule has 0 N–H and O–H groups in total. The van der Waals surface area contributed by atoms with Crippen LogP contribution < -0.4 is 4.18 Å². The van der Waals surface area contributed by atoms with Crippen LogP contribution in [0.4, 0.5) is 0 Å². The molecule has 34 heavy (non-hydrogen) atoms. The Bertz CT molecular complexity index is 1440. The van der Waals surface area contributed by atoms with E-state index < -0.39 is 10.1 Å². The fourth-order valence-electron chi connectivity index (χ4n) is 4.72. The minimum Gasteiger partial charge on any atom is -0.436 e. The van der Waals surface area contributed by atoms with Gasteiger partial charge < -0.3 is 8.60 Å². The van der Waals surface area contributed by atoms with E-state index in [2.05, 4.69) is 36.9 Å². The third-order valence-electron chi connectivity index (χ3n) is 6.52. The molecule has 0 aliphatic carbocycles. The summed E-state index contributed by atoms with van der Waals surface area (Å²) >= 11 is 0. The van der Waals surface area contributed by atoms with Gasteiger partial charge in [-0.3, -0.25) is 4.90 Å². The molecule has 2 heterocycles. The highest BCUT2D eigenvalue weighted by atomic mass is 32.2. The smallest absolute Gasteiger partial charge is 0.306 e. The molecule has 0 spiro atoms. The van der Waals surface area contributed by atoms with Crippen molar-refractivity contribution in [3.05, 3.63) is 71.8 Å². The summed E-state index contributed by atoms with van der Waals surface area (Å²) in [5.74, 6) is 0.800. The zero-order valence-corrected chi connectivity index (χ0v) is 20.4. The van der Waals surface area contributed by atoms with Crippen LogP contribution in [-0.4, -0.2) is 37.1 Å². The van der Waals surface area contributed by atoms with E-state index in [0.717, 1.165) is 53.5 Å². The zero-order chi connectivity index (χ0) is 23.9. The van der Waals surface area contributed by atoms with Gasteiger partial charge in [-0.25, -0.2) is 4.98 Å². The van der Waals surface area contributed by atoms with Gasteiger partial charge >= 0.3 is 10.1 Å². The van der Waals surface area contributed by atoms with Gasteiger partial charge in [0, 0.05) is 29.8 Å². The maximum absolute atomic E-state index is 12.0. The number of fused-ring (bicyclic) bond motifs is 1. The van der Waals surface area contributed by atoms with Crippen LogP contribution in [0.25, 0.3) is 33.7 Å². The quantitative estimate of drug-likeness (QED) is 0.328. The van der Waals surface area contributed by atoms with Crippen LogP contribution in [0, 0.1) is 6.92 Å². The van der Waals surface area contributed by atoms with Crippen LogP contribution in [0.2, 0.25) is 0 Å². The number of aromatic nitrogens is 1. The molecule has 1 aromatic heterocycles. The Morgan fingerprint density at radius 3 is 2.56 bits per heavy atom. The van der Waals surface area contributed by atoms with Gasteiger partial charge in [0.05, 0.1) is 6.26 Å². The molecule has 1 aliphatic heterocycles. The van der Waals surface area contributed by atoms with Gasteiger partial charge in [0.2, 0.25) is 5.89 Å². The topological polar surface area (TPSA) is 72.6 Å². The predicted octanol–water partition coefficient (Wildman–Crippen LogP) is 5.79. The fraction of sp³-hybridized carbons (Fsp3) is 0.296. The van der Waals surface area contributed by atoms with E-state index in [1.54, 1.807) is 6.07 Å². The average Bonchev–Trinajstić information content (AvgIpc) is 3.39. The van der Waals surface area contributed by atoms with Crippen molar-refractivity contribution < 1.29 is 17.0 Å². The normalized spacial score (nSPS) is 16.9. The second kappa shape index (κ2) is 8.89. The van der Waals surface area contributed by atoms with Crippen LogP contribution in [0.5, 0.6) is 5.75 Å². The molecule has 0 radical (unpaired) electrons. The Morgan fingerprint density at radius 2 is 1.85 bits per heavy atom. The SMILES string of the molecule is Cc1c(-c2ccccc2)cccc1-c1nc2cc(CN3CCC[C@H]3C)c(OS(C)(=O)=O)cc2o1. The van der Waals surface area contributed by atoms with Crippen molar-refractivity contribution in [2.45, 2.75) is 39.3 Å². The molecule has 1 atom stereocenters. The molecular weight excluding hydrogens is 448 g/mol. The third kappa shape index (κ3) is 4.58. The molecule has 0 unspecified atom stereocenters. The Morgan fingerprint density at radius 1 is 1.09 bits per heavy atom. The summed E-state index contributed by atoms with van der Waals surface area (Å²) in [7, 11) is -3.68. The number of rotatable bonds is 6. The standard InChI is InChI=1S/C27H28N2O4S/c1-18-9-8-14-29(18)17-21-15-24-26(16-25(21)33-34(3,30)31)32-27(28-24)23-13-7-12-22(19(23)2)20-10-5-4-6-11-20/h4-7,10-13,15-16,18H,8-9,14,17H2,1-3H3/t18-/m1/s1. The first-order chi connectivity index (χ1) is 16.3. The Hall–Kier alpha value is -3.16. The summed E-state index contributed by atoms with van der Waals surface area (Å²) in [5, 5.41) is 0. The number of nitrogens with zero attached hydrogens (tertiary/aromatic N) is 2. The number of benzene rings is 3. The maximum Gasteiger partial charge on any atom is 0.306 e. The van der Waals surface area contributed by atoms with Crippen LogP contribution in [0.1, 0.15) is 30.9 Å². The summed E-state index contributed by atoms with van der Waals surface area (Å²) in [4.78, 5) is 7.12. The van der Waals surface area contributed by atoms with Crippen LogP contribution in [0.15, 0.2) is 65.1 Å². The highest BCUT2D eigenvalue weighted by molar-refractivity contribution is 7.86. The molecule has 1 saturated heterocycles. The summed E-state index contributed by atoms with van der Waals surface area (Å²) < 4.78 is 35.4. The molecule has 5 rings (SSSR count). The summed E-state index contributed by atoms with van der Waals surface area (Å²) in [6, 6.07) is 20.3. The van der Waals surface area contributed by atoms with E-state index in [9.17, 15) is 8.42 Å². The van der Waals surface area contributed by atoms with Crippen molar-refractivity contribution in [2.24, 2.45) is 0 Å². The van der Waals surface area contributed by atoms with E-state index in [0.29, 0.717) is 35.3 Å². The van der Waals surface area contributed by atoms with E-state index in [1.165, 1.54) is 0 Å². The third-order valence-corrected chi connectivity index (χ3v) is 7.01. The minimum absolute atomic E-state index is 0.298. The van der Waals surface area contributed by atoms with Crippen LogP contribution in [0.3, 0.4) is 0 Å². The lowest BCUT2D eigenvalue weighted by Gasteiger charge is -2.22. The molecule has 3 aromatic carbocycles. The van der Waals surface area contributed by atoms with Crippen molar-refractivity contribution in [1.82, 2.24) is 9.88 Å². The molecule has 176 valence electrons.